The van der Waals surface area contributed by atoms with Gasteiger partial charge in [-0.25, -0.2) is 4.98 Å². The molecule has 26 heavy (non-hydrogen) atoms. The molecule has 4 nitrogen and oxygen atoms in total. The van der Waals surface area contributed by atoms with Crippen molar-refractivity contribution in [1.82, 2.24) is 4.98 Å². The van der Waals surface area contributed by atoms with Crippen molar-refractivity contribution in [2.24, 2.45) is 0 Å². The zero-order valence-corrected chi connectivity index (χ0v) is 15.3. The molecule has 3 aromatic rings. The number of amides is 1. The quantitative estimate of drug-likeness (QED) is 0.689. The minimum Gasteiger partial charge on any atom is -0.354 e. The molecule has 0 aliphatic carbocycles. The van der Waals surface area contributed by atoms with Crippen molar-refractivity contribution < 1.29 is 4.79 Å². The summed E-state index contributed by atoms with van der Waals surface area (Å²) in [6, 6.07) is 21.4. The van der Waals surface area contributed by atoms with Crippen LogP contribution in [-0.4, -0.2) is 17.9 Å². The summed E-state index contributed by atoms with van der Waals surface area (Å²) < 4.78 is 0. The molecule has 2 aromatic carbocycles. The Kier molecular flexibility index (Phi) is 5.32. The molecule has 3 rings (SSSR count). The molecule has 0 aliphatic heterocycles. The molecule has 1 aromatic heterocycles. The number of para-hydroxylation sites is 2. The van der Waals surface area contributed by atoms with Gasteiger partial charge in [0.2, 0.25) is 0 Å². The summed E-state index contributed by atoms with van der Waals surface area (Å²) in [5, 5.41) is 3.39. The fourth-order valence-electron chi connectivity index (χ4n) is 2.80. The van der Waals surface area contributed by atoms with Crippen molar-refractivity contribution in [2.45, 2.75) is 19.8 Å². The number of benzene rings is 2. The number of hydrogen-bond donors (Lipinski definition) is 1. The van der Waals surface area contributed by atoms with Crippen molar-refractivity contribution >= 4 is 23.0 Å². The highest BCUT2D eigenvalue weighted by Crippen LogP contribution is 2.26. The fraction of sp³-hybridized carbons (Fsp3) is 0.182. The van der Waals surface area contributed by atoms with Gasteiger partial charge in [0.25, 0.3) is 5.91 Å². The van der Waals surface area contributed by atoms with Gasteiger partial charge in [0.05, 0.1) is 11.9 Å². The number of pyridine rings is 1. The average molecular weight is 345 g/mol. The van der Waals surface area contributed by atoms with E-state index in [0.29, 0.717) is 11.6 Å². The van der Waals surface area contributed by atoms with Crippen LogP contribution in [-0.2, 0) is 0 Å². The van der Waals surface area contributed by atoms with Gasteiger partial charge in [-0.15, -0.1) is 0 Å². The van der Waals surface area contributed by atoms with Crippen LogP contribution in [0.25, 0.3) is 0 Å². The first-order chi connectivity index (χ1) is 12.6. The van der Waals surface area contributed by atoms with E-state index in [4.69, 9.17) is 0 Å². The Hall–Kier alpha value is -3.14. The zero-order chi connectivity index (χ0) is 18.5. The summed E-state index contributed by atoms with van der Waals surface area (Å²) in [4.78, 5) is 18.5. The van der Waals surface area contributed by atoms with Gasteiger partial charge in [-0.2, -0.15) is 0 Å². The first kappa shape index (κ1) is 17.7. The molecule has 0 saturated carbocycles. The molecule has 0 aliphatic rings. The molecular formula is C22H23N3O. The van der Waals surface area contributed by atoms with E-state index in [-0.39, 0.29) is 5.91 Å². The summed E-state index contributed by atoms with van der Waals surface area (Å²) in [5.41, 5.74) is 4.42. The predicted octanol–water partition coefficient (Wildman–Crippen LogP) is 5.23. The number of rotatable bonds is 5. The Morgan fingerprint density at radius 2 is 1.65 bits per heavy atom. The zero-order valence-electron chi connectivity index (χ0n) is 15.3. The lowest BCUT2D eigenvalue weighted by Crippen LogP contribution is -2.26. The molecule has 0 bridgehead atoms. The van der Waals surface area contributed by atoms with Crippen molar-refractivity contribution in [3.63, 3.8) is 0 Å². The number of carbonyl (C=O) groups is 1. The lowest BCUT2D eigenvalue weighted by molar-refractivity contribution is 0.0988. The van der Waals surface area contributed by atoms with Crippen LogP contribution < -0.4 is 10.2 Å². The van der Waals surface area contributed by atoms with Gasteiger partial charge in [-0.1, -0.05) is 50.2 Å². The molecule has 0 fully saturated rings. The minimum atomic E-state index is -0.134. The molecule has 132 valence electrons. The van der Waals surface area contributed by atoms with E-state index >= 15 is 0 Å². The molecule has 1 N–H and O–H groups in total. The van der Waals surface area contributed by atoms with Gasteiger partial charge in [0.1, 0.15) is 5.69 Å². The number of aromatic nitrogens is 1. The van der Waals surface area contributed by atoms with Gasteiger partial charge in [0, 0.05) is 18.4 Å². The third-order valence-electron chi connectivity index (χ3n) is 4.29. The van der Waals surface area contributed by atoms with Crippen molar-refractivity contribution in [1.29, 1.82) is 0 Å². The summed E-state index contributed by atoms with van der Waals surface area (Å²) >= 11 is 0. The molecule has 0 unspecified atom stereocenters. The van der Waals surface area contributed by atoms with Gasteiger partial charge in [0.15, 0.2) is 0 Å². The van der Waals surface area contributed by atoms with Gasteiger partial charge in [-0.3, -0.25) is 4.79 Å². The number of hydrogen-bond acceptors (Lipinski definition) is 3. The number of anilines is 3. The Morgan fingerprint density at radius 3 is 2.31 bits per heavy atom. The Labute approximate surface area is 154 Å². The Bertz CT molecular complexity index is 873. The number of nitrogens with zero attached hydrogens (tertiary/aromatic N) is 2. The van der Waals surface area contributed by atoms with Gasteiger partial charge < -0.3 is 10.2 Å². The highest BCUT2D eigenvalue weighted by atomic mass is 16.2. The second kappa shape index (κ2) is 7.83. The third kappa shape index (κ3) is 3.91. The van der Waals surface area contributed by atoms with Crippen LogP contribution in [0.5, 0.6) is 0 Å². The minimum absolute atomic E-state index is 0.134. The smallest absolute Gasteiger partial charge is 0.276 e. The van der Waals surface area contributed by atoms with Gasteiger partial charge in [-0.05, 0) is 41.8 Å². The molecular weight excluding hydrogens is 322 g/mol. The Morgan fingerprint density at radius 1 is 0.962 bits per heavy atom. The van der Waals surface area contributed by atoms with Crippen molar-refractivity contribution in [3.8, 4) is 0 Å². The lowest BCUT2D eigenvalue weighted by Gasteiger charge is -2.17. The fourth-order valence-corrected chi connectivity index (χ4v) is 2.80. The standard InChI is InChI=1S/C22H23N3O/c1-16(2)19-11-7-8-12-20(19)24-17-13-14-21(23-15-17)22(26)25(3)18-9-5-4-6-10-18/h4-16,24H,1-3H3. The van der Waals surface area contributed by atoms with E-state index in [0.717, 1.165) is 17.1 Å². The lowest BCUT2D eigenvalue weighted by atomic mass is 10.0. The van der Waals surface area contributed by atoms with Gasteiger partial charge >= 0.3 is 0 Å². The van der Waals surface area contributed by atoms with E-state index in [2.05, 4.69) is 36.3 Å². The summed E-state index contributed by atoms with van der Waals surface area (Å²) in [5.74, 6) is 0.289. The molecule has 0 saturated heterocycles. The summed E-state index contributed by atoms with van der Waals surface area (Å²) in [7, 11) is 1.75. The SMILES string of the molecule is CC(C)c1ccccc1Nc1ccc(C(=O)N(C)c2ccccc2)nc1. The maximum Gasteiger partial charge on any atom is 0.276 e. The van der Waals surface area contributed by atoms with Crippen LogP contribution in [0.15, 0.2) is 72.9 Å². The molecule has 0 radical (unpaired) electrons. The largest absolute Gasteiger partial charge is 0.354 e. The average Bonchev–Trinajstić information content (AvgIpc) is 2.68. The van der Waals surface area contributed by atoms with E-state index in [1.807, 2.05) is 48.5 Å². The van der Waals surface area contributed by atoms with E-state index in [9.17, 15) is 4.79 Å². The molecule has 1 heterocycles. The molecule has 1 amide bonds. The first-order valence-electron chi connectivity index (χ1n) is 8.71. The topological polar surface area (TPSA) is 45.2 Å². The van der Waals surface area contributed by atoms with E-state index in [1.54, 1.807) is 24.2 Å². The second-order valence-electron chi connectivity index (χ2n) is 6.50. The maximum atomic E-state index is 12.6. The summed E-state index contributed by atoms with van der Waals surface area (Å²) in [6.07, 6.45) is 1.70. The molecule has 0 atom stereocenters. The highest BCUT2D eigenvalue weighted by Gasteiger charge is 2.14. The van der Waals surface area contributed by atoms with Crippen LogP contribution in [0.1, 0.15) is 35.8 Å². The van der Waals surface area contributed by atoms with E-state index in [1.165, 1.54) is 5.56 Å². The van der Waals surface area contributed by atoms with Crippen LogP contribution in [0.2, 0.25) is 0 Å². The number of carbonyl (C=O) groups excluding carboxylic acids is 1. The van der Waals surface area contributed by atoms with Crippen LogP contribution in [0.3, 0.4) is 0 Å². The second-order valence-corrected chi connectivity index (χ2v) is 6.50. The normalized spacial score (nSPS) is 10.6. The molecule has 4 heteroatoms. The first-order valence-corrected chi connectivity index (χ1v) is 8.71. The van der Waals surface area contributed by atoms with Crippen LogP contribution in [0, 0.1) is 0 Å². The highest BCUT2D eigenvalue weighted by molar-refractivity contribution is 6.04. The number of nitrogens with one attached hydrogen (secondary N) is 1. The van der Waals surface area contributed by atoms with Crippen molar-refractivity contribution in [3.05, 3.63) is 84.2 Å². The van der Waals surface area contributed by atoms with Crippen LogP contribution >= 0.6 is 0 Å². The maximum absolute atomic E-state index is 12.6. The predicted molar refractivity (Wildman–Crippen MR) is 107 cm³/mol. The Balaban J connectivity index is 1.76. The monoisotopic (exact) mass is 345 g/mol. The van der Waals surface area contributed by atoms with E-state index < -0.39 is 0 Å². The summed E-state index contributed by atoms with van der Waals surface area (Å²) in [6.45, 7) is 4.33. The third-order valence-corrected chi connectivity index (χ3v) is 4.29. The van der Waals surface area contributed by atoms with Crippen molar-refractivity contribution in [2.75, 3.05) is 17.3 Å². The van der Waals surface area contributed by atoms with Crippen LogP contribution in [0.4, 0.5) is 17.1 Å². The molecule has 0 spiro atoms.